The quantitative estimate of drug-likeness (QED) is 0.857. The van der Waals surface area contributed by atoms with Crippen LogP contribution in [-0.4, -0.2) is 17.7 Å². The molecule has 2 aromatic rings. The summed E-state index contributed by atoms with van der Waals surface area (Å²) in [7, 11) is 0. The highest BCUT2D eigenvalue weighted by atomic mass is 16.5. The van der Waals surface area contributed by atoms with Crippen LogP contribution in [0.2, 0.25) is 0 Å². The molecule has 3 heteroatoms. The van der Waals surface area contributed by atoms with Crippen molar-refractivity contribution in [2.24, 2.45) is 5.73 Å². The van der Waals surface area contributed by atoms with Crippen molar-refractivity contribution in [3.63, 3.8) is 0 Å². The van der Waals surface area contributed by atoms with Gasteiger partial charge in [-0.25, -0.2) is 0 Å². The van der Waals surface area contributed by atoms with Crippen molar-refractivity contribution in [1.82, 2.24) is 4.57 Å². The monoisotopic (exact) mass is 230 g/mol. The molecule has 1 atom stereocenters. The number of ether oxygens (including phenoxy) is 1. The Bertz CT molecular complexity index is 451. The summed E-state index contributed by atoms with van der Waals surface area (Å²) in [5.41, 5.74) is 7.03. The molecule has 0 fully saturated rings. The second kappa shape index (κ2) is 5.55. The maximum Gasteiger partial charge on any atom is 0.119 e. The Morgan fingerprint density at radius 2 is 2.00 bits per heavy atom. The minimum Gasteiger partial charge on any atom is -0.494 e. The average Bonchev–Trinajstić information content (AvgIpc) is 2.85. The van der Waals surface area contributed by atoms with Crippen molar-refractivity contribution in [3.8, 4) is 5.75 Å². The molecule has 2 N–H and O–H groups in total. The summed E-state index contributed by atoms with van der Waals surface area (Å²) in [6, 6.07) is 12.3. The number of aromatic nitrogens is 1. The van der Waals surface area contributed by atoms with Crippen LogP contribution >= 0.6 is 0 Å². The Hall–Kier alpha value is -1.74. The molecule has 0 saturated carbocycles. The van der Waals surface area contributed by atoms with E-state index in [2.05, 4.69) is 16.7 Å². The fourth-order valence-corrected chi connectivity index (χ4v) is 1.96. The van der Waals surface area contributed by atoms with Crippen LogP contribution in [0.5, 0.6) is 5.75 Å². The molecule has 1 aromatic heterocycles. The maximum absolute atomic E-state index is 5.86. The Morgan fingerprint density at radius 3 is 2.65 bits per heavy atom. The van der Waals surface area contributed by atoms with Gasteiger partial charge in [-0.05, 0) is 36.8 Å². The number of nitrogens with two attached hydrogens (primary N) is 1. The van der Waals surface area contributed by atoms with Gasteiger partial charge in [0.25, 0.3) is 0 Å². The minimum atomic E-state index is 0.172. The molecule has 2 rings (SSSR count). The Labute approximate surface area is 102 Å². The summed E-state index contributed by atoms with van der Waals surface area (Å²) in [5.74, 6) is 0.899. The summed E-state index contributed by atoms with van der Waals surface area (Å²) < 4.78 is 7.62. The molecule has 0 aliphatic carbocycles. The normalized spacial score (nSPS) is 12.4. The van der Waals surface area contributed by atoms with Gasteiger partial charge >= 0.3 is 0 Å². The average molecular weight is 230 g/mol. The third-order valence-corrected chi connectivity index (χ3v) is 2.76. The van der Waals surface area contributed by atoms with Crippen molar-refractivity contribution in [2.45, 2.75) is 13.0 Å². The van der Waals surface area contributed by atoms with E-state index in [1.54, 1.807) is 0 Å². The molecule has 0 saturated heterocycles. The fraction of sp³-hybridized carbons (Fsp3) is 0.286. The SMILES string of the molecule is CCOc1cccc(C(CN)n2cccc2)c1. The highest BCUT2D eigenvalue weighted by Gasteiger charge is 2.11. The van der Waals surface area contributed by atoms with E-state index in [9.17, 15) is 0 Å². The van der Waals surface area contributed by atoms with E-state index in [1.165, 1.54) is 5.56 Å². The van der Waals surface area contributed by atoms with E-state index in [1.807, 2.05) is 43.6 Å². The van der Waals surface area contributed by atoms with E-state index in [0.717, 1.165) is 5.75 Å². The van der Waals surface area contributed by atoms with Crippen LogP contribution in [0, 0.1) is 0 Å². The van der Waals surface area contributed by atoms with E-state index in [0.29, 0.717) is 13.2 Å². The molecule has 1 unspecified atom stereocenters. The second-order valence-corrected chi connectivity index (χ2v) is 3.89. The first-order valence-corrected chi connectivity index (χ1v) is 5.90. The van der Waals surface area contributed by atoms with Crippen molar-refractivity contribution in [1.29, 1.82) is 0 Å². The smallest absolute Gasteiger partial charge is 0.119 e. The van der Waals surface area contributed by atoms with E-state index < -0.39 is 0 Å². The summed E-state index contributed by atoms with van der Waals surface area (Å²) in [4.78, 5) is 0. The van der Waals surface area contributed by atoms with Gasteiger partial charge in [-0.1, -0.05) is 12.1 Å². The standard InChI is InChI=1S/C14H18N2O/c1-2-17-13-7-5-6-12(10-13)14(11-15)16-8-3-4-9-16/h3-10,14H,2,11,15H2,1H3. The van der Waals surface area contributed by atoms with Crippen molar-refractivity contribution < 1.29 is 4.74 Å². The molecule has 3 nitrogen and oxygen atoms in total. The van der Waals surface area contributed by atoms with Crippen LogP contribution in [0.3, 0.4) is 0 Å². The van der Waals surface area contributed by atoms with Gasteiger partial charge in [-0.15, -0.1) is 0 Å². The minimum absolute atomic E-state index is 0.172. The zero-order valence-corrected chi connectivity index (χ0v) is 10.0. The predicted molar refractivity (Wildman–Crippen MR) is 69.2 cm³/mol. The van der Waals surface area contributed by atoms with Crippen LogP contribution < -0.4 is 10.5 Å². The largest absolute Gasteiger partial charge is 0.494 e. The first-order valence-electron chi connectivity index (χ1n) is 5.90. The third kappa shape index (κ3) is 2.68. The van der Waals surface area contributed by atoms with Crippen molar-refractivity contribution in [3.05, 3.63) is 54.4 Å². The molecule has 0 amide bonds. The van der Waals surface area contributed by atoms with Gasteiger partial charge < -0.3 is 15.0 Å². The lowest BCUT2D eigenvalue weighted by Crippen LogP contribution is -2.19. The van der Waals surface area contributed by atoms with Crippen LogP contribution in [0.25, 0.3) is 0 Å². The molecule has 0 bridgehead atoms. The van der Waals surface area contributed by atoms with Crippen LogP contribution in [0.4, 0.5) is 0 Å². The molecule has 0 aliphatic heterocycles. The summed E-state index contributed by atoms with van der Waals surface area (Å²) in [6.07, 6.45) is 4.07. The highest BCUT2D eigenvalue weighted by Crippen LogP contribution is 2.22. The van der Waals surface area contributed by atoms with Gasteiger partial charge in [0, 0.05) is 18.9 Å². The second-order valence-electron chi connectivity index (χ2n) is 3.89. The Balaban J connectivity index is 2.28. The molecule has 90 valence electrons. The summed E-state index contributed by atoms with van der Waals surface area (Å²) in [5, 5.41) is 0. The molecule has 0 aliphatic rings. The summed E-state index contributed by atoms with van der Waals surface area (Å²) in [6.45, 7) is 3.24. The van der Waals surface area contributed by atoms with Gasteiger partial charge in [0.1, 0.15) is 5.75 Å². The van der Waals surface area contributed by atoms with E-state index >= 15 is 0 Å². The first-order chi connectivity index (χ1) is 8.35. The van der Waals surface area contributed by atoms with Crippen LogP contribution in [-0.2, 0) is 0 Å². The number of benzene rings is 1. The summed E-state index contributed by atoms with van der Waals surface area (Å²) >= 11 is 0. The maximum atomic E-state index is 5.86. The highest BCUT2D eigenvalue weighted by molar-refractivity contribution is 5.31. The van der Waals surface area contributed by atoms with Gasteiger partial charge in [0.05, 0.1) is 12.6 Å². The van der Waals surface area contributed by atoms with Gasteiger partial charge in [0.15, 0.2) is 0 Å². The zero-order chi connectivity index (χ0) is 12.1. The molecule has 1 aromatic carbocycles. The lowest BCUT2D eigenvalue weighted by atomic mass is 10.1. The molecule has 0 spiro atoms. The molecular weight excluding hydrogens is 212 g/mol. The Morgan fingerprint density at radius 1 is 1.24 bits per heavy atom. The number of rotatable bonds is 5. The van der Waals surface area contributed by atoms with Crippen molar-refractivity contribution in [2.75, 3.05) is 13.2 Å². The molecular formula is C14H18N2O. The number of hydrogen-bond acceptors (Lipinski definition) is 2. The lowest BCUT2D eigenvalue weighted by Gasteiger charge is -2.18. The van der Waals surface area contributed by atoms with Gasteiger partial charge in [-0.2, -0.15) is 0 Å². The fourth-order valence-electron chi connectivity index (χ4n) is 1.96. The van der Waals surface area contributed by atoms with E-state index in [-0.39, 0.29) is 6.04 Å². The Kier molecular flexibility index (Phi) is 3.83. The molecule has 17 heavy (non-hydrogen) atoms. The molecule has 0 radical (unpaired) electrons. The van der Waals surface area contributed by atoms with Crippen LogP contribution in [0.15, 0.2) is 48.8 Å². The lowest BCUT2D eigenvalue weighted by molar-refractivity contribution is 0.339. The predicted octanol–water partition coefficient (Wildman–Crippen LogP) is 2.43. The topological polar surface area (TPSA) is 40.2 Å². The number of hydrogen-bond donors (Lipinski definition) is 1. The van der Waals surface area contributed by atoms with Gasteiger partial charge in [-0.3, -0.25) is 0 Å². The molecule has 1 heterocycles. The van der Waals surface area contributed by atoms with E-state index in [4.69, 9.17) is 10.5 Å². The third-order valence-electron chi connectivity index (χ3n) is 2.76. The zero-order valence-electron chi connectivity index (χ0n) is 10.0. The van der Waals surface area contributed by atoms with Crippen LogP contribution in [0.1, 0.15) is 18.5 Å². The van der Waals surface area contributed by atoms with Crippen molar-refractivity contribution >= 4 is 0 Å². The number of nitrogens with zero attached hydrogens (tertiary/aromatic N) is 1. The first kappa shape index (κ1) is 11.7. The van der Waals surface area contributed by atoms with Gasteiger partial charge in [0.2, 0.25) is 0 Å².